The zero-order valence-corrected chi connectivity index (χ0v) is 11.0. The van der Waals surface area contributed by atoms with E-state index < -0.39 is 31.1 Å². The van der Waals surface area contributed by atoms with Gasteiger partial charge < -0.3 is 25.8 Å². The lowest BCUT2D eigenvalue weighted by Crippen LogP contribution is -2.33. The van der Waals surface area contributed by atoms with Gasteiger partial charge in [0, 0.05) is 0 Å². The number of aliphatic hydroxyl groups excluding tert-OH is 3. The minimum Gasteiger partial charge on any atom is -0.394 e. The Morgan fingerprint density at radius 2 is 2.14 bits per heavy atom. The molecule has 0 radical (unpaired) electrons. The summed E-state index contributed by atoms with van der Waals surface area (Å²) in [4.78, 5) is 12.2. The first-order chi connectivity index (χ1) is 10.1. The molecular weight excluding hydrogens is 278 g/mol. The number of hydrogen-bond donors (Lipinski definition) is 4. The van der Waals surface area contributed by atoms with Crippen LogP contribution in [0.1, 0.15) is 12.1 Å². The molecule has 0 unspecified atom stereocenters. The van der Waals surface area contributed by atoms with Crippen LogP contribution in [0.5, 0.6) is 0 Å². The molecule has 0 aliphatic carbocycles. The number of aromatic nitrogens is 4. The van der Waals surface area contributed by atoms with E-state index in [0.717, 1.165) is 0 Å². The van der Waals surface area contributed by atoms with E-state index in [2.05, 4.69) is 21.5 Å². The molecule has 1 fully saturated rings. The Bertz CT molecular complexity index is 688. The second-order valence-electron chi connectivity index (χ2n) is 4.70. The third kappa shape index (κ3) is 1.98. The summed E-state index contributed by atoms with van der Waals surface area (Å²) in [6, 6.07) is 0. The Balaban J connectivity index is 2.16. The average Bonchev–Trinajstić information content (AvgIpc) is 2.99. The van der Waals surface area contributed by atoms with Crippen LogP contribution in [0.25, 0.3) is 17.2 Å². The molecule has 3 heterocycles. The first kappa shape index (κ1) is 13.9. The van der Waals surface area contributed by atoms with E-state index in [0.29, 0.717) is 17.0 Å². The standard InChI is InChI=1S/C12H15N5O4/c1-2-6-16-7-10(13)14-4-15-11(7)17(6)12-9(20)8(19)5(3-18)21-12/h2,4-5,8-9,12,18-20H,1,3H2,(H2,13,14,15)/t5-,8-,9-,12-/m1/s1. The fourth-order valence-corrected chi connectivity index (χ4v) is 2.43. The van der Waals surface area contributed by atoms with E-state index in [-0.39, 0.29) is 5.82 Å². The van der Waals surface area contributed by atoms with Crippen LogP contribution < -0.4 is 5.73 Å². The van der Waals surface area contributed by atoms with E-state index in [1.54, 1.807) is 0 Å². The summed E-state index contributed by atoms with van der Waals surface area (Å²) in [5.74, 6) is 0.556. The minimum atomic E-state index is -1.24. The van der Waals surface area contributed by atoms with E-state index in [9.17, 15) is 10.2 Å². The van der Waals surface area contributed by atoms with Gasteiger partial charge in [-0.15, -0.1) is 0 Å². The first-order valence-electron chi connectivity index (χ1n) is 6.31. The molecule has 2 aromatic rings. The predicted octanol–water partition coefficient (Wildman–Crippen LogP) is -1.34. The van der Waals surface area contributed by atoms with Gasteiger partial charge in [0.1, 0.15) is 30.5 Å². The van der Waals surface area contributed by atoms with Crippen LogP contribution in [-0.2, 0) is 4.74 Å². The van der Waals surface area contributed by atoms with Gasteiger partial charge >= 0.3 is 0 Å². The molecule has 5 N–H and O–H groups in total. The first-order valence-corrected chi connectivity index (χ1v) is 6.31. The molecule has 1 saturated heterocycles. The molecule has 0 bridgehead atoms. The quantitative estimate of drug-likeness (QED) is 0.545. The summed E-state index contributed by atoms with van der Waals surface area (Å²) in [6.07, 6.45) is -1.58. The summed E-state index contributed by atoms with van der Waals surface area (Å²) < 4.78 is 6.97. The van der Waals surface area contributed by atoms with Crippen LogP contribution in [-0.4, -0.2) is 59.8 Å². The van der Waals surface area contributed by atoms with Gasteiger partial charge in [-0.2, -0.15) is 0 Å². The van der Waals surface area contributed by atoms with E-state index in [1.807, 2.05) is 0 Å². The van der Waals surface area contributed by atoms with Gasteiger partial charge in [-0.1, -0.05) is 6.58 Å². The molecule has 3 rings (SSSR count). The van der Waals surface area contributed by atoms with Crippen molar-refractivity contribution in [3.63, 3.8) is 0 Å². The molecule has 112 valence electrons. The van der Waals surface area contributed by atoms with Gasteiger partial charge in [-0.05, 0) is 6.08 Å². The zero-order chi connectivity index (χ0) is 15.1. The van der Waals surface area contributed by atoms with Gasteiger partial charge in [-0.25, -0.2) is 15.0 Å². The molecule has 0 amide bonds. The minimum absolute atomic E-state index is 0.189. The average molecular weight is 293 g/mol. The second-order valence-corrected chi connectivity index (χ2v) is 4.70. The van der Waals surface area contributed by atoms with Crippen molar-refractivity contribution >= 4 is 23.1 Å². The Hall–Kier alpha value is -2.07. The maximum Gasteiger partial charge on any atom is 0.168 e. The predicted molar refractivity (Wildman–Crippen MR) is 72.8 cm³/mol. The molecule has 1 aliphatic heterocycles. The fraction of sp³-hybridized carbons (Fsp3) is 0.417. The number of imidazole rings is 1. The lowest BCUT2D eigenvalue weighted by Gasteiger charge is -2.18. The Morgan fingerprint density at radius 3 is 2.76 bits per heavy atom. The molecule has 0 saturated carbocycles. The van der Waals surface area contributed by atoms with Crippen LogP contribution >= 0.6 is 0 Å². The number of anilines is 1. The molecule has 0 spiro atoms. The van der Waals surface area contributed by atoms with Crippen molar-refractivity contribution in [3.8, 4) is 0 Å². The molecule has 9 heteroatoms. The van der Waals surface area contributed by atoms with Gasteiger partial charge in [-0.3, -0.25) is 4.57 Å². The van der Waals surface area contributed by atoms with E-state index >= 15 is 0 Å². The van der Waals surface area contributed by atoms with Crippen molar-refractivity contribution in [2.45, 2.75) is 24.5 Å². The monoisotopic (exact) mass is 293 g/mol. The number of nitrogens with two attached hydrogens (primary N) is 1. The molecule has 1 aliphatic rings. The topological polar surface area (TPSA) is 140 Å². The van der Waals surface area contributed by atoms with Crippen LogP contribution in [0.15, 0.2) is 12.9 Å². The SMILES string of the molecule is C=Cc1nc2c(N)ncnc2n1[C@@H]1O[C@H](CO)[C@@H](O)[C@H]1O. The normalized spacial score (nSPS) is 29.1. The van der Waals surface area contributed by atoms with Crippen molar-refractivity contribution in [1.82, 2.24) is 19.5 Å². The van der Waals surface area contributed by atoms with Gasteiger partial charge in [0.15, 0.2) is 23.2 Å². The molecule has 21 heavy (non-hydrogen) atoms. The van der Waals surface area contributed by atoms with E-state index in [4.69, 9.17) is 15.6 Å². The highest BCUT2D eigenvalue weighted by Crippen LogP contribution is 2.33. The lowest BCUT2D eigenvalue weighted by atomic mass is 10.1. The second kappa shape index (κ2) is 5.04. The number of nitrogens with zero attached hydrogens (tertiary/aromatic N) is 4. The molecular formula is C12H15N5O4. The molecule has 2 aromatic heterocycles. The number of fused-ring (bicyclic) bond motifs is 1. The van der Waals surface area contributed by atoms with Crippen LogP contribution in [0.3, 0.4) is 0 Å². The Morgan fingerprint density at radius 1 is 1.38 bits per heavy atom. The number of nitrogen functional groups attached to an aromatic ring is 1. The zero-order valence-electron chi connectivity index (χ0n) is 11.0. The van der Waals surface area contributed by atoms with Crippen molar-refractivity contribution in [3.05, 3.63) is 18.7 Å². The van der Waals surface area contributed by atoms with Crippen molar-refractivity contribution in [2.75, 3.05) is 12.3 Å². The number of rotatable bonds is 3. The summed E-state index contributed by atoms with van der Waals surface area (Å²) in [6.45, 7) is 3.23. The highest BCUT2D eigenvalue weighted by Gasteiger charge is 2.44. The number of hydrogen-bond acceptors (Lipinski definition) is 8. The van der Waals surface area contributed by atoms with Gasteiger partial charge in [0.25, 0.3) is 0 Å². The van der Waals surface area contributed by atoms with E-state index in [1.165, 1.54) is 17.0 Å². The largest absolute Gasteiger partial charge is 0.394 e. The maximum atomic E-state index is 10.1. The summed E-state index contributed by atoms with van der Waals surface area (Å²) in [5, 5.41) is 29.2. The van der Waals surface area contributed by atoms with Crippen molar-refractivity contribution < 1.29 is 20.1 Å². The Kier molecular flexibility index (Phi) is 3.33. The van der Waals surface area contributed by atoms with Crippen LogP contribution in [0.4, 0.5) is 5.82 Å². The van der Waals surface area contributed by atoms with Crippen molar-refractivity contribution in [1.29, 1.82) is 0 Å². The fourth-order valence-electron chi connectivity index (χ4n) is 2.43. The summed E-state index contributed by atoms with van der Waals surface area (Å²) in [5.41, 5.74) is 6.46. The molecule has 0 aromatic carbocycles. The van der Waals surface area contributed by atoms with Gasteiger partial charge in [0.2, 0.25) is 0 Å². The number of ether oxygens (including phenoxy) is 1. The lowest BCUT2D eigenvalue weighted by molar-refractivity contribution is -0.0513. The number of aliphatic hydroxyl groups is 3. The van der Waals surface area contributed by atoms with Crippen LogP contribution in [0.2, 0.25) is 0 Å². The smallest absolute Gasteiger partial charge is 0.168 e. The maximum absolute atomic E-state index is 10.1. The van der Waals surface area contributed by atoms with Gasteiger partial charge in [0.05, 0.1) is 6.61 Å². The highest BCUT2D eigenvalue weighted by molar-refractivity contribution is 5.83. The highest BCUT2D eigenvalue weighted by atomic mass is 16.6. The molecule has 9 nitrogen and oxygen atoms in total. The molecule has 4 atom stereocenters. The summed E-state index contributed by atoms with van der Waals surface area (Å²) in [7, 11) is 0. The van der Waals surface area contributed by atoms with Crippen LogP contribution in [0, 0.1) is 0 Å². The third-order valence-corrected chi connectivity index (χ3v) is 3.49. The third-order valence-electron chi connectivity index (χ3n) is 3.49. The summed E-state index contributed by atoms with van der Waals surface area (Å²) >= 11 is 0. The Labute approximate surface area is 119 Å². The van der Waals surface area contributed by atoms with Crippen molar-refractivity contribution in [2.24, 2.45) is 0 Å².